The fourth-order valence-electron chi connectivity index (χ4n) is 1.99. The summed E-state index contributed by atoms with van der Waals surface area (Å²) in [6.45, 7) is 1.37. The second-order valence-corrected chi connectivity index (χ2v) is 6.78. The summed E-state index contributed by atoms with van der Waals surface area (Å²) in [7, 11) is -2.32. The van der Waals surface area contributed by atoms with Gasteiger partial charge in [-0.1, -0.05) is 6.07 Å². The van der Waals surface area contributed by atoms with Gasteiger partial charge in [0.1, 0.15) is 0 Å². The van der Waals surface area contributed by atoms with Crippen molar-refractivity contribution in [2.45, 2.75) is 11.8 Å². The van der Waals surface area contributed by atoms with Gasteiger partial charge in [0.15, 0.2) is 0 Å². The molecule has 0 fully saturated rings. The van der Waals surface area contributed by atoms with Gasteiger partial charge in [-0.05, 0) is 42.5 Å². The molecule has 132 valence electrons. The quantitative estimate of drug-likeness (QED) is 0.652. The van der Waals surface area contributed by atoms with E-state index in [4.69, 9.17) is 0 Å². The third kappa shape index (κ3) is 5.21. The summed E-state index contributed by atoms with van der Waals surface area (Å²) >= 11 is 0. The van der Waals surface area contributed by atoms with E-state index in [1.165, 1.54) is 44.3 Å². The third-order valence-electron chi connectivity index (χ3n) is 3.08. The van der Waals surface area contributed by atoms with Crippen molar-refractivity contribution < 1.29 is 18.0 Å². The highest BCUT2D eigenvalue weighted by Crippen LogP contribution is 2.20. The molecule has 2 aromatic carbocycles. The number of carbonyl (C=O) groups is 2. The van der Waals surface area contributed by atoms with Crippen LogP contribution in [-0.4, -0.2) is 27.4 Å². The first kappa shape index (κ1) is 18.3. The third-order valence-corrected chi connectivity index (χ3v) is 4.48. The van der Waals surface area contributed by atoms with Crippen molar-refractivity contribution in [3.63, 3.8) is 0 Å². The standard InChI is InChI=1S/C16H18N4O4S/c1-11(21)18-12-6-8-15(9-7-12)25(23,24)20-14-5-3-4-13(10-14)19-16(22)17-2/h3-10,20H,1-2H3,(H,18,21)(H2,17,19,22). The average Bonchev–Trinajstić information content (AvgIpc) is 2.54. The Morgan fingerprint density at radius 1 is 0.880 bits per heavy atom. The SMILES string of the molecule is CNC(=O)Nc1cccc(NS(=O)(=O)c2ccc(NC(C)=O)cc2)c1. The zero-order valence-electron chi connectivity index (χ0n) is 13.7. The Labute approximate surface area is 145 Å². The van der Waals surface area contributed by atoms with E-state index in [1.54, 1.807) is 18.2 Å². The minimum Gasteiger partial charge on any atom is -0.341 e. The molecular formula is C16H18N4O4S. The molecule has 2 rings (SSSR count). The molecule has 0 aromatic heterocycles. The van der Waals surface area contributed by atoms with Gasteiger partial charge in [-0.25, -0.2) is 13.2 Å². The topological polar surface area (TPSA) is 116 Å². The van der Waals surface area contributed by atoms with Crippen molar-refractivity contribution in [3.05, 3.63) is 48.5 Å². The number of sulfonamides is 1. The molecule has 9 heteroatoms. The van der Waals surface area contributed by atoms with Gasteiger partial charge in [0, 0.05) is 25.3 Å². The molecule has 0 aliphatic carbocycles. The molecule has 0 bridgehead atoms. The average molecular weight is 362 g/mol. The smallest absolute Gasteiger partial charge is 0.318 e. The molecule has 0 saturated heterocycles. The lowest BCUT2D eigenvalue weighted by Crippen LogP contribution is -2.24. The molecular weight excluding hydrogens is 344 g/mol. The number of anilines is 3. The predicted octanol–water partition coefficient (Wildman–Crippen LogP) is 2.20. The first-order valence-corrected chi connectivity index (χ1v) is 8.78. The van der Waals surface area contributed by atoms with Gasteiger partial charge in [-0.2, -0.15) is 0 Å². The van der Waals surface area contributed by atoms with Crippen molar-refractivity contribution in [2.24, 2.45) is 0 Å². The van der Waals surface area contributed by atoms with E-state index in [9.17, 15) is 18.0 Å². The van der Waals surface area contributed by atoms with Crippen LogP contribution in [0.25, 0.3) is 0 Å². The van der Waals surface area contributed by atoms with Crippen molar-refractivity contribution >= 4 is 39.0 Å². The number of urea groups is 1. The molecule has 0 heterocycles. The molecule has 4 N–H and O–H groups in total. The number of nitrogens with one attached hydrogen (secondary N) is 4. The van der Waals surface area contributed by atoms with Crippen LogP contribution in [0.3, 0.4) is 0 Å². The zero-order chi connectivity index (χ0) is 18.4. The Balaban J connectivity index is 2.16. The van der Waals surface area contributed by atoms with Gasteiger partial charge in [0.05, 0.1) is 10.6 Å². The van der Waals surface area contributed by atoms with Crippen LogP contribution in [0.1, 0.15) is 6.92 Å². The molecule has 3 amide bonds. The second kappa shape index (κ2) is 7.67. The Bertz CT molecular complexity index is 879. The Morgan fingerprint density at radius 2 is 1.52 bits per heavy atom. The molecule has 2 aromatic rings. The van der Waals surface area contributed by atoms with Gasteiger partial charge < -0.3 is 16.0 Å². The number of hydrogen-bond donors (Lipinski definition) is 4. The fourth-order valence-corrected chi connectivity index (χ4v) is 3.04. The normalized spacial score (nSPS) is 10.6. The molecule has 0 aliphatic rings. The Kier molecular flexibility index (Phi) is 5.60. The summed E-state index contributed by atoms with van der Waals surface area (Å²) in [6.07, 6.45) is 0. The summed E-state index contributed by atoms with van der Waals surface area (Å²) < 4.78 is 27.3. The molecule has 0 aliphatic heterocycles. The van der Waals surface area contributed by atoms with E-state index in [0.29, 0.717) is 17.1 Å². The zero-order valence-corrected chi connectivity index (χ0v) is 14.5. The van der Waals surface area contributed by atoms with Crippen LogP contribution >= 0.6 is 0 Å². The number of hydrogen-bond acceptors (Lipinski definition) is 4. The van der Waals surface area contributed by atoms with Gasteiger partial charge >= 0.3 is 6.03 Å². The maximum Gasteiger partial charge on any atom is 0.318 e. The van der Waals surface area contributed by atoms with Crippen LogP contribution in [0.2, 0.25) is 0 Å². The molecule has 0 spiro atoms. The first-order chi connectivity index (χ1) is 11.8. The molecule has 0 radical (unpaired) electrons. The minimum absolute atomic E-state index is 0.0475. The Morgan fingerprint density at radius 3 is 2.12 bits per heavy atom. The second-order valence-electron chi connectivity index (χ2n) is 5.10. The van der Waals surface area contributed by atoms with Crippen molar-refractivity contribution in [1.82, 2.24) is 5.32 Å². The molecule has 8 nitrogen and oxygen atoms in total. The van der Waals surface area contributed by atoms with E-state index >= 15 is 0 Å². The minimum atomic E-state index is -3.80. The fraction of sp³-hybridized carbons (Fsp3) is 0.125. The highest BCUT2D eigenvalue weighted by Gasteiger charge is 2.14. The summed E-state index contributed by atoms with van der Waals surface area (Å²) in [5.74, 6) is -0.242. The maximum absolute atomic E-state index is 12.4. The lowest BCUT2D eigenvalue weighted by Gasteiger charge is -2.11. The number of benzene rings is 2. The van der Waals surface area contributed by atoms with Crippen LogP contribution in [-0.2, 0) is 14.8 Å². The summed E-state index contributed by atoms with van der Waals surface area (Å²) in [4.78, 5) is 22.4. The van der Waals surface area contributed by atoms with Crippen LogP contribution in [0.5, 0.6) is 0 Å². The van der Waals surface area contributed by atoms with E-state index < -0.39 is 16.1 Å². The van der Waals surface area contributed by atoms with Gasteiger partial charge in [-0.3, -0.25) is 9.52 Å². The summed E-state index contributed by atoms with van der Waals surface area (Å²) in [5.41, 5.74) is 1.25. The number of carbonyl (C=O) groups excluding carboxylic acids is 2. The number of rotatable bonds is 5. The number of amides is 3. The summed E-state index contributed by atoms with van der Waals surface area (Å²) in [6, 6.07) is 11.7. The van der Waals surface area contributed by atoms with Crippen LogP contribution < -0.4 is 20.7 Å². The van der Waals surface area contributed by atoms with Gasteiger partial charge in [0.2, 0.25) is 5.91 Å². The molecule has 0 atom stereocenters. The Hall–Kier alpha value is -3.07. The largest absolute Gasteiger partial charge is 0.341 e. The van der Waals surface area contributed by atoms with Gasteiger partial charge in [0.25, 0.3) is 10.0 Å². The lowest BCUT2D eigenvalue weighted by atomic mass is 10.3. The van der Waals surface area contributed by atoms with Crippen molar-refractivity contribution in [1.29, 1.82) is 0 Å². The van der Waals surface area contributed by atoms with Crippen molar-refractivity contribution in [3.8, 4) is 0 Å². The maximum atomic E-state index is 12.4. The van der Waals surface area contributed by atoms with E-state index in [1.807, 2.05) is 0 Å². The van der Waals surface area contributed by atoms with E-state index in [0.717, 1.165) is 0 Å². The van der Waals surface area contributed by atoms with E-state index in [2.05, 4.69) is 20.7 Å². The van der Waals surface area contributed by atoms with E-state index in [-0.39, 0.29) is 10.8 Å². The lowest BCUT2D eigenvalue weighted by molar-refractivity contribution is -0.114. The van der Waals surface area contributed by atoms with Crippen LogP contribution in [0.4, 0.5) is 21.9 Å². The predicted molar refractivity (Wildman–Crippen MR) is 96.1 cm³/mol. The monoisotopic (exact) mass is 362 g/mol. The van der Waals surface area contributed by atoms with Crippen molar-refractivity contribution in [2.75, 3.05) is 22.4 Å². The van der Waals surface area contributed by atoms with Crippen LogP contribution in [0, 0.1) is 0 Å². The van der Waals surface area contributed by atoms with Crippen LogP contribution in [0.15, 0.2) is 53.4 Å². The molecule has 25 heavy (non-hydrogen) atoms. The van der Waals surface area contributed by atoms with Gasteiger partial charge in [-0.15, -0.1) is 0 Å². The molecule has 0 saturated carbocycles. The molecule has 0 unspecified atom stereocenters. The highest BCUT2D eigenvalue weighted by molar-refractivity contribution is 7.92. The highest BCUT2D eigenvalue weighted by atomic mass is 32.2. The summed E-state index contributed by atoms with van der Waals surface area (Å²) in [5, 5.41) is 7.53. The first-order valence-electron chi connectivity index (χ1n) is 7.29.